The summed E-state index contributed by atoms with van der Waals surface area (Å²) in [6, 6.07) is 2.76. The number of alkyl halides is 4. The first-order valence-electron chi connectivity index (χ1n) is 5.11. The molecule has 108 valence electrons. The number of rotatable bonds is 6. The number of ether oxygens (including phenoxy) is 1. The highest BCUT2D eigenvalue weighted by Gasteiger charge is 2.41. The van der Waals surface area contributed by atoms with Crippen molar-refractivity contribution in [3.05, 3.63) is 35.4 Å². The summed E-state index contributed by atoms with van der Waals surface area (Å²) in [5.41, 5.74) is -0.761. The van der Waals surface area contributed by atoms with Crippen LogP contribution >= 0.6 is 0 Å². The van der Waals surface area contributed by atoms with Gasteiger partial charge in [0.15, 0.2) is 0 Å². The number of hydrogen-bond donors (Lipinski definition) is 1. The van der Waals surface area contributed by atoms with Crippen molar-refractivity contribution in [2.45, 2.75) is 18.5 Å². The molecule has 0 amide bonds. The van der Waals surface area contributed by atoms with E-state index in [0.29, 0.717) is 0 Å². The van der Waals surface area contributed by atoms with Crippen LogP contribution in [0.15, 0.2) is 18.2 Å². The monoisotopic (exact) mass is 288 g/mol. The van der Waals surface area contributed by atoms with Gasteiger partial charge in [0, 0.05) is 0 Å². The van der Waals surface area contributed by atoms with E-state index in [4.69, 9.17) is 0 Å². The van der Waals surface area contributed by atoms with Crippen LogP contribution in [-0.2, 0) is 4.74 Å². The topological polar surface area (TPSA) is 29.5 Å². The lowest BCUT2D eigenvalue weighted by Gasteiger charge is -2.17. The minimum absolute atomic E-state index is 0.761. The number of halogens is 6. The molecule has 0 aromatic heterocycles. The fraction of sp³-hybridized carbons (Fsp3) is 0.455. The molecule has 0 fully saturated rings. The van der Waals surface area contributed by atoms with E-state index in [9.17, 15) is 31.4 Å². The Hall–Kier alpha value is -1.28. The van der Waals surface area contributed by atoms with Crippen LogP contribution in [0.3, 0.4) is 0 Å². The summed E-state index contributed by atoms with van der Waals surface area (Å²) in [7, 11) is 0. The number of aliphatic hydroxyl groups excluding tert-OH is 1. The highest BCUT2D eigenvalue weighted by molar-refractivity contribution is 5.22. The zero-order valence-electron chi connectivity index (χ0n) is 9.42. The quantitative estimate of drug-likeness (QED) is 0.816. The Balaban J connectivity index is 2.59. The lowest BCUT2D eigenvalue weighted by Crippen LogP contribution is -2.33. The predicted molar refractivity (Wildman–Crippen MR) is 53.1 cm³/mol. The van der Waals surface area contributed by atoms with Crippen LogP contribution in [0.2, 0.25) is 0 Å². The third-order valence-corrected chi connectivity index (χ3v) is 2.22. The third-order valence-electron chi connectivity index (χ3n) is 2.22. The second-order valence-corrected chi connectivity index (χ2v) is 3.73. The van der Waals surface area contributed by atoms with Crippen molar-refractivity contribution in [3.63, 3.8) is 0 Å². The molecule has 1 rings (SSSR count). The molecule has 0 aliphatic rings. The molecule has 1 atom stereocenters. The van der Waals surface area contributed by atoms with Gasteiger partial charge in [0.1, 0.15) is 24.3 Å². The average Bonchev–Trinajstić information content (AvgIpc) is 2.28. The molecule has 0 radical (unpaired) electrons. The van der Waals surface area contributed by atoms with Crippen LogP contribution in [-0.4, -0.2) is 30.7 Å². The van der Waals surface area contributed by atoms with Crippen molar-refractivity contribution in [2.24, 2.45) is 0 Å². The van der Waals surface area contributed by atoms with E-state index in [1.54, 1.807) is 0 Å². The number of benzene rings is 1. The van der Waals surface area contributed by atoms with E-state index in [1.165, 1.54) is 0 Å². The maximum Gasteiger partial charge on any atom is 0.330 e. The standard InChI is InChI=1S/C11H10F6O2/c12-6-2-1-3-7(13)9(6)8(18)4-19-5-11(16,17)10(14)15/h1-3,8,10,18H,4-5H2. The Morgan fingerprint density at radius 1 is 1.16 bits per heavy atom. The summed E-state index contributed by atoms with van der Waals surface area (Å²) < 4.78 is 79.0. The smallest absolute Gasteiger partial charge is 0.330 e. The van der Waals surface area contributed by atoms with Gasteiger partial charge < -0.3 is 9.84 Å². The normalized spacial score (nSPS) is 13.9. The van der Waals surface area contributed by atoms with Crippen LogP contribution in [0.5, 0.6) is 0 Å². The molecule has 0 aliphatic carbocycles. The summed E-state index contributed by atoms with van der Waals surface area (Å²) in [5.74, 6) is -6.55. The highest BCUT2D eigenvalue weighted by atomic mass is 19.3. The maximum absolute atomic E-state index is 13.2. The van der Waals surface area contributed by atoms with E-state index >= 15 is 0 Å². The molecular weight excluding hydrogens is 278 g/mol. The van der Waals surface area contributed by atoms with E-state index in [1.807, 2.05) is 0 Å². The first kappa shape index (κ1) is 15.8. The molecule has 0 saturated heterocycles. The number of hydrogen-bond acceptors (Lipinski definition) is 2. The van der Waals surface area contributed by atoms with Gasteiger partial charge in [-0.25, -0.2) is 17.6 Å². The average molecular weight is 288 g/mol. The van der Waals surface area contributed by atoms with Crippen LogP contribution < -0.4 is 0 Å². The van der Waals surface area contributed by atoms with Gasteiger partial charge in [-0.3, -0.25) is 0 Å². The molecule has 0 aliphatic heterocycles. The molecule has 0 spiro atoms. The van der Waals surface area contributed by atoms with Crippen LogP contribution in [0.4, 0.5) is 26.3 Å². The first-order chi connectivity index (χ1) is 8.75. The zero-order valence-corrected chi connectivity index (χ0v) is 9.42. The molecule has 1 aromatic rings. The van der Waals surface area contributed by atoms with Crippen molar-refractivity contribution in [1.29, 1.82) is 0 Å². The molecule has 0 bridgehead atoms. The van der Waals surface area contributed by atoms with Gasteiger partial charge in [-0.15, -0.1) is 0 Å². The zero-order chi connectivity index (χ0) is 14.6. The summed E-state index contributed by atoms with van der Waals surface area (Å²) in [4.78, 5) is 0. The Bertz CT molecular complexity index is 403. The maximum atomic E-state index is 13.2. The molecule has 1 aromatic carbocycles. The fourth-order valence-electron chi connectivity index (χ4n) is 1.28. The summed E-state index contributed by atoms with van der Waals surface area (Å²) in [6.45, 7) is -2.59. The first-order valence-corrected chi connectivity index (χ1v) is 5.11. The predicted octanol–water partition coefficient (Wildman–Crippen LogP) is 2.92. The summed E-state index contributed by atoms with van der Waals surface area (Å²) >= 11 is 0. The molecule has 2 nitrogen and oxygen atoms in total. The van der Waals surface area contributed by atoms with E-state index < -0.39 is 48.9 Å². The second-order valence-electron chi connectivity index (χ2n) is 3.73. The van der Waals surface area contributed by atoms with Crippen LogP contribution in [0.25, 0.3) is 0 Å². The van der Waals surface area contributed by atoms with Gasteiger partial charge in [0.05, 0.1) is 12.2 Å². The largest absolute Gasteiger partial charge is 0.386 e. The van der Waals surface area contributed by atoms with Gasteiger partial charge in [-0.05, 0) is 12.1 Å². The second kappa shape index (κ2) is 6.25. The lowest BCUT2D eigenvalue weighted by atomic mass is 10.1. The van der Waals surface area contributed by atoms with Gasteiger partial charge in [0.25, 0.3) is 0 Å². The van der Waals surface area contributed by atoms with Crippen molar-refractivity contribution in [2.75, 3.05) is 13.2 Å². The molecule has 19 heavy (non-hydrogen) atoms. The van der Waals surface area contributed by atoms with E-state index in [-0.39, 0.29) is 0 Å². The van der Waals surface area contributed by atoms with Gasteiger partial charge in [0.2, 0.25) is 0 Å². The summed E-state index contributed by atoms with van der Waals surface area (Å²) in [6.07, 6.45) is -5.79. The fourth-order valence-corrected chi connectivity index (χ4v) is 1.28. The summed E-state index contributed by atoms with van der Waals surface area (Å²) in [5, 5.41) is 9.38. The third kappa shape index (κ3) is 4.10. The molecule has 1 N–H and O–H groups in total. The van der Waals surface area contributed by atoms with Gasteiger partial charge in [-0.2, -0.15) is 8.78 Å². The SMILES string of the molecule is OC(COCC(F)(F)C(F)F)c1c(F)cccc1F. The minimum Gasteiger partial charge on any atom is -0.386 e. The van der Waals surface area contributed by atoms with Crippen LogP contribution in [0.1, 0.15) is 11.7 Å². The Labute approximate surface area is 104 Å². The molecule has 0 heterocycles. The molecule has 1 unspecified atom stereocenters. The molecule has 8 heteroatoms. The highest BCUT2D eigenvalue weighted by Crippen LogP contribution is 2.25. The van der Waals surface area contributed by atoms with Gasteiger partial charge >= 0.3 is 12.3 Å². The van der Waals surface area contributed by atoms with E-state index in [0.717, 1.165) is 18.2 Å². The minimum atomic E-state index is -4.38. The Kier molecular flexibility index (Phi) is 5.19. The van der Waals surface area contributed by atoms with Crippen LogP contribution in [0, 0.1) is 11.6 Å². The van der Waals surface area contributed by atoms with Crippen molar-refractivity contribution < 1.29 is 36.2 Å². The van der Waals surface area contributed by atoms with Crippen molar-refractivity contribution in [1.82, 2.24) is 0 Å². The molecular formula is C11H10F6O2. The number of aliphatic hydroxyl groups is 1. The van der Waals surface area contributed by atoms with E-state index in [2.05, 4.69) is 4.74 Å². The Morgan fingerprint density at radius 2 is 1.68 bits per heavy atom. The van der Waals surface area contributed by atoms with Crippen molar-refractivity contribution in [3.8, 4) is 0 Å². The van der Waals surface area contributed by atoms with Crippen molar-refractivity contribution >= 4 is 0 Å². The lowest BCUT2D eigenvalue weighted by molar-refractivity contribution is -0.171. The van der Waals surface area contributed by atoms with Gasteiger partial charge in [-0.1, -0.05) is 6.07 Å². The Morgan fingerprint density at radius 3 is 2.16 bits per heavy atom. The molecule has 0 saturated carbocycles.